The van der Waals surface area contributed by atoms with Crippen LogP contribution in [0, 0.1) is 0 Å². The molecule has 1 heterocycles. The Bertz CT molecular complexity index is 220. The van der Waals surface area contributed by atoms with Crippen molar-refractivity contribution in [2.75, 3.05) is 7.05 Å². The number of amidine groups is 1. The maximum absolute atomic E-state index is 10.8. The molecule has 0 radical (unpaired) electrons. The van der Waals surface area contributed by atoms with Crippen LogP contribution in [0.4, 0.5) is 0 Å². The first-order valence-electron chi connectivity index (χ1n) is 2.96. The molecule has 0 aliphatic carbocycles. The molecule has 10 heavy (non-hydrogen) atoms. The Morgan fingerprint density at radius 1 is 1.50 bits per heavy atom. The topological polar surface area (TPSA) is 49.7 Å². The summed E-state index contributed by atoms with van der Waals surface area (Å²) in [7, 11) is 1.60. The molecule has 0 unspecified atom stereocenters. The Hall–Kier alpha value is -1.19. The monoisotopic (exact) mass is 140 g/mol. The maximum Gasteiger partial charge on any atom is 0.256 e. The lowest BCUT2D eigenvalue weighted by Crippen LogP contribution is -2.36. The van der Waals surface area contributed by atoms with Crippen LogP contribution < -0.4 is 0 Å². The lowest BCUT2D eigenvalue weighted by Gasteiger charge is -2.18. The zero-order chi connectivity index (χ0) is 7.72. The molecule has 0 aromatic heterocycles. The quantitative estimate of drug-likeness (QED) is 0.437. The van der Waals surface area contributed by atoms with E-state index in [1.807, 2.05) is 0 Å². The van der Waals surface area contributed by atoms with E-state index in [2.05, 4.69) is 4.99 Å². The smallest absolute Gasteiger partial charge is 0.256 e. The van der Waals surface area contributed by atoms with Crippen LogP contribution in [-0.2, 0) is 9.59 Å². The first-order chi connectivity index (χ1) is 4.61. The number of carbonyl (C=O) groups is 2. The summed E-state index contributed by atoms with van der Waals surface area (Å²) in [6.45, 7) is 1.63. The molecule has 0 atom stereocenters. The maximum atomic E-state index is 10.8. The second kappa shape index (κ2) is 2.21. The Morgan fingerprint density at radius 3 is 2.60 bits per heavy atom. The average Bonchev–Trinajstić information content (AvgIpc) is 1.82. The molecule has 1 rings (SSSR count). The van der Waals surface area contributed by atoms with Gasteiger partial charge in [0.15, 0.2) is 0 Å². The molecule has 0 saturated heterocycles. The van der Waals surface area contributed by atoms with E-state index in [0.717, 1.165) is 0 Å². The summed E-state index contributed by atoms with van der Waals surface area (Å²) in [5, 5.41) is 0. The van der Waals surface area contributed by atoms with Crippen LogP contribution in [0.5, 0.6) is 0 Å². The molecule has 4 heteroatoms. The summed E-state index contributed by atoms with van der Waals surface area (Å²) in [6.07, 6.45) is -0.0894. The minimum atomic E-state index is -0.347. The molecule has 0 fully saturated rings. The summed E-state index contributed by atoms with van der Waals surface area (Å²) in [6, 6.07) is 0. The third kappa shape index (κ3) is 1.05. The predicted octanol–water partition coefficient (Wildman–Crippen LogP) is -0.206. The Labute approximate surface area is 58.5 Å². The van der Waals surface area contributed by atoms with Crippen molar-refractivity contribution in [2.45, 2.75) is 13.3 Å². The fraction of sp³-hybridized carbons (Fsp3) is 0.500. The van der Waals surface area contributed by atoms with Crippen LogP contribution in [0.15, 0.2) is 4.99 Å². The van der Waals surface area contributed by atoms with Crippen molar-refractivity contribution >= 4 is 17.6 Å². The molecule has 0 bridgehead atoms. The van der Waals surface area contributed by atoms with E-state index in [-0.39, 0.29) is 18.2 Å². The number of aliphatic imine (C=N–C) groups is 1. The Kier molecular flexibility index (Phi) is 1.53. The first-order valence-corrected chi connectivity index (χ1v) is 2.96. The van der Waals surface area contributed by atoms with Crippen LogP contribution in [0.25, 0.3) is 0 Å². The van der Waals surface area contributed by atoms with Gasteiger partial charge in [0.25, 0.3) is 5.91 Å². The summed E-state index contributed by atoms with van der Waals surface area (Å²) in [5.41, 5.74) is 0. The molecule has 2 amide bonds. The summed E-state index contributed by atoms with van der Waals surface area (Å²) in [5.74, 6) is -0.0562. The minimum Gasteiger partial charge on any atom is -0.303 e. The van der Waals surface area contributed by atoms with Gasteiger partial charge in [-0.1, -0.05) is 0 Å². The van der Waals surface area contributed by atoms with Crippen molar-refractivity contribution in [1.29, 1.82) is 0 Å². The standard InChI is InChI=1S/C6H8N2O2/c1-4-7-5(9)3-6(10)8(4)2/h3H2,1-2H3. The summed E-state index contributed by atoms with van der Waals surface area (Å²) in [4.78, 5) is 26.4. The molecule has 0 saturated carbocycles. The van der Waals surface area contributed by atoms with Crippen LogP contribution in [0.3, 0.4) is 0 Å². The third-order valence-corrected chi connectivity index (χ3v) is 1.45. The lowest BCUT2D eigenvalue weighted by atomic mass is 10.3. The number of hydrogen-bond acceptors (Lipinski definition) is 2. The molecular weight excluding hydrogens is 132 g/mol. The molecular formula is C6H8N2O2. The van der Waals surface area contributed by atoms with Gasteiger partial charge < -0.3 is 4.90 Å². The van der Waals surface area contributed by atoms with Gasteiger partial charge in [0.2, 0.25) is 5.91 Å². The molecule has 0 aromatic rings. The largest absolute Gasteiger partial charge is 0.303 e. The molecule has 1 aliphatic rings. The molecule has 0 aromatic carbocycles. The Balaban J connectivity index is 2.91. The fourth-order valence-electron chi connectivity index (χ4n) is 0.723. The van der Waals surface area contributed by atoms with Gasteiger partial charge in [0, 0.05) is 7.05 Å². The van der Waals surface area contributed by atoms with E-state index in [1.165, 1.54) is 4.90 Å². The summed E-state index contributed by atoms with van der Waals surface area (Å²) < 4.78 is 0. The fourth-order valence-corrected chi connectivity index (χ4v) is 0.723. The van der Waals surface area contributed by atoms with Crippen LogP contribution in [0.2, 0.25) is 0 Å². The molecule has 4 nitrogen and oxygen atoms in total. The van der Waals surface area contributed by atoms with Gasteiger partial charge in [-0.3, -0.25) is 9.59 Å². The van der Waals surface area contributed by atoms with E-state index in [0.29, 0.717) is 5.84 Å². The van der Waals surface area contributed by atoms with Crippen molar-refractivity contribution in [3.05, 3.63) is 0 Å². The van der Waals surface area contributed by atoms with Gasteiger partial charge >= 0.3 is 0 Å². The molecule has 1 aliphatic heterocycles. The minimum absolute atomic E-state index is 0.0894. The van der Waals surface area contributed by atoms with Crippen molar-refractivity contribution in [1.82, 2.24) is 4.90 Å². The molecule has 0 N–H and O–H groups in total. The zero-order valence-corrected chi connectivity index (χ0v) is 5.92. The highest BCUT2D eigenvalue weighted by Crippen LogP contribution is 2.02. The van der Waals surface area contributed by atoms with Crippen LogP contribution in [0.1, 0.15) is 13.3 Å². The van der Waals surface area contributed by atoms with Gasteiger partial charge in [0.05, 0.1) is 0 Å². The molecule has 0 spiro atoms. The normalized spacial score (nSPS) is 19.4. The van der Waals surface area contributed by atoms with Crippen molar-refractivity contribution in [3.8, 4) is 0 Å². The predicted molar refractivity (Wildman–Crippen MR) is 35.5 cm³/mol. The second-order valence-corrected chi connectivity index (χ2v) is 2.18. The zero-order valence-electron chi connectivity index (χ0n) is 5.92. The van der Waals surface area contributed by atoms with Crippen molar-refractivity contribution in [2.24, 2.45) is 4.99 Å². The number of rotatable bonds is 0. The van der Waals surface area contributed by atoms with Crippen LogP contribution >= 0.6 is 0 Å². The highest BCUT2D eigenvalue weighted by molar-refractivity contribution is 6.12. The van der Waals surface area contributed by atoms with E-state index in [1.54, 1.807) is 14.0 Å². The summed E-state index contributed by atoms with van der Waals surface area (Å²) >= 11 is 0. The SMILES string of the molecule is CC1=NC(=O)CC(=O)N1C. The van der Waals surface area contributed by atoms with E-state index in [4.69, 9.17) is 0 Å². The molecule has 54 valence electrons. The van der Waals surface area contributed by atoms with Gasteiger partial charge in [0.1, 0.15) is 12.3 Å². The number of nitrogens with zero attached hydrogens (tertiary/aromatic N) is 2. The lowest BCUT2D eigenvalue weighted by molar-refractivity contribution is -0.132. The highest BCUT2D eigenvalue weighted by Gasteiger charge is 2.20. The number of carbonyl (C=O) groups excluding carboxylic acids is 2. The van der Waals surface area contributed by atoms with E-state index >= 15 is 0 Å². The number of amides is 2. The highest BCUT2D eigenvalue weighted by atomic mass is 16.2. The average molecular weight is 140 g/mol. The van der Waals surface area contributed by atoms with Crippen LogP contribution in [-0.4, -0.2) is 29.6 Å². The second-order valence-electron chi connectivity index (χ2n) is 2.18. The third-order valence-electron chi connectivity index (χ3n) is 1.45. The van der Waals surface area contributed by atoms with E-state index in [9.17, 15) is 9.59 Å². The van der Waals surface area contributed by atoms with Gasteiger partial charge in [-0.15, -0.1) is 0 Å². The van der Waals surface area contributed by atoms with Gasteiger partial charge in [-0.05, 0) is 6.92 Å². The van der Waals surface area contributed by atoms with Gasteiger partial charge in [-0.2, -0.15) is 4.99 Å². The number of hydrogen-bond donors (Lipinski definition) is 0. The Morgan fingerprint density at radius 2 is 2.10 bits per heavy atom. The first kappa shape index (κ1) is 6.92. The van der Waals surface area contributed by atoms with Crippen molar-refractivity contribution < 1.29 is 9.59 Å². The van der Waals surface area contributed by atoms with E-state index < -0.39 is 0 Å². The van der Waals surface area contributed by atoms with Gasteiger partial charge in [-0.25, -0.2) is 0 Å². The van der Waals surface area contributed by atoms with Crippen molar-refractivity contribution in [3.63, 3.8) is 0 Å².